The molecule has 2 N–H and O–H groups in total. The number of benzene rings is 1. The van der Waals surface area contributed by atoms with Crippen molar-refractivity contribution in [3.8, 4) is 11.8 Å². The first-order valence-electron chi connectivity index (χ1n) is 10.5. The first-order valence-corrected chi connectivity index (χ1v) is 12.5. The van der Waals surface area contributed by atoms with Crippen LogP contribution in [0.5, 0.6) is 11.8 Å². The Kier molecular flexibility index (Phi) is 5.81. The minimum atomic E-state index is -1.23. The number of thioether (sulfide) groups is 2. The van der Waals surface area contributed by atoms with Gasteiger partial charge in [-0.3, -0.25) is 28.8 Å². The number of non-ortho nitro benzene ring substituents is 1. The third-order valence-electron chi connectivity index (χ3n) is 5.83. The summed E-state index contributed by atoms with van der Waals surface area (Å²) in [5.74, 6) is -0.818. The normalized spacial score (nSPS) is 15.1. The van der Waals surface area contributed by atoms with E-state index in [9.17, 15) is 29.9 Å². The molecule has 11 nitrogen and oxygen atoms in total. The van der Waals surface area contributed by atoms with Crippen LogP contribution < -0.4 is 11.1 Å². The van der Waals surface area contributed by atoms with Gasteiger partial charge < -0.3 is 10.2 Å². The molecule has 0 amide bonds. The highest BCUT2D eigenvalue weighted by Gasteiger charge is 2.34. The number of rotatable bonds is 4. The number of hydrogen-bond donors (Lipinski definition) is 2. The van der Waals surface area contributed by atoms with Crippen LogP contribution >= 0.6 is 23.5 Å². The molecule has 0 saturated carbocycles. The van der Waals surface area contributed by atoms with Gasteiger partial charge in [-0.05, 0) is 18.4 Å². The van der Waals surface area contributed by atoms with Crippen molar-refractivity contribution in [2.75, 3.05) is 11.5 Å². The summed E-state index contributed by atoms with van der Waals surface area (Å²) in [6, 6.07) is 5.29. The first kappa shape index (κ1) is 22.5. The van der Waals surface area contributed by atoms with Gasteiger partial charge in [0.05, 0.1) is 22.0 Å². The zero-order valence-electron chi connectivity index (χ0n) is 17.7. The molecule has 0 fully saturated rings. The molecule has 0 spiro atoms. The van der Waals surface area contributed by atoms with E-state index in [2.05, 4.69) is 9.97 Å². The van der Waals surface area contributed by atoms with Gasteiger partial charge in [-0.15, -0.1) is 0 Å². The van der Waals surface area contributed by atoms with Crippen molar-refractivity contribution < 1.29 is 15.1 Å². The van der Waals surface area contributed by atoms with Crippen LogP contribution in [0.25, 0.3) is 0 Å². The van der Waals surface area contributed by atoms with Crippen molar-refractivity contribution in [1.29, 1.82) is 0 Å². The Bertz CT molecular complexity index is 1340. The maximum absolute atomic E-state index is 13.5. The number of nitro groups is 1. The molecule has 176 valence electrons. The monoisotopic (exact) mass is 501 g/mol. The van der Waals surface area contributed by atoms with Gasteiger partial charge in [0, 0.05) is 36.7 Å². The average Bonchev–Trinajstić information content (AvgIpc) is 2.83. The van der Waals surface area contributed by atoms with Gasteiger partial charge in [0.25, 0.3) is 16.8 Å². The van der Waals surface area contributed by atoms with E-state index in [-0.39, 0.29) is 16.8 Å². The quantitative estimate of drug-likeness (QED) is 0.309. The molecule has 0 aliphatic carbocycles. The highest BCUT2D eigenvalue weighted by molar-refractivity contribution is 7.99. The van der Waals surface area contributed by atoms with Crippen LogP contribution in [0, 0.1) is 10.1 Å². The summed E-state index contributed by atoms with van der Waals surface area (Å²) < 4.78 is 2.88. The van der Waals surface area contributed by atoms with Crippen molar-refractivity contribution in [2.24, 2.45) is 0 Å². The van der Waals surface area contributed by atoms with Crippen LogP contribution in [0.2, 0.25) is 0 Å². The molecule has 0 atom stereocenters. The lowest BCUT2D eigenvalue weighted by atomic mass is 9.86. The molecule has 4 heterocycles. The predicted molar refractivity (Wildman–Crippen MR) is 125 cm³/mol. The fourth-order valence-electron chi connectivity index (χ4n) is 4.24. The maximum atomic E-state index is 13.5. The number of fused-ring (bicyclic) bond motifs is 2. The van der Waals surface area contributed by atoms with Gasteiger partial charge in [0.2, 0.25) is 11.8 Å². The highest BCUT2D eigenvalue weighted by atomic mass is 32.2. The summed E-state index contributed by atoms with van der Waals surface area (Å²) in [5, 5.41) is 33.6. The van der Waals surface area contributed by atoms with Crippen molar-refractivity contribution in [2.45, 2.75) is 42.2 Å². The molecule has 3 aromatic rings. The SMILES string of the molecule is O=c1c(C(c2ccc([N+](=O)[O-])cc2)c2c(O)nc3n(c2=O)CCCS3)c(O)nc2n1CCCS2. The summed E-state index contributed by atoms with van der Waals surface area (Å²) in [5.41, 5.74) is -1.30. The minimum absolute atomic E-state index is 0.177. The topological polar surface area (TPSA) is 153 Å². The standard InChI is InChI=1S/C21H19N5O6S2/c27-16-14(18(29)24-7-1-9-33-20(24)22-16)13(11-3-5-12(6-4-11)26(31)32)15-17(28)23-21-25(19(15)30)8-2-10-34-21/h3-6,13,27-28H,1-2,7-10H2. The molecule has 0 radical (unpaired) electrons. The van der Waals surface area contributed by atoms with Crippen LogP contribution in [0.3, 0.4) is 0 Å². The molecule has 0 unspecified atom stereocenters. The molecule has 13 heteroatoms. The molecule has 0 saturated heterocycles. The van der Waals surface area contributed by atoms with E-state index in [0.29, 0.717) is 29.0 Å². The summed E-state index contributed by atoms with van der Waals surface area (Å²) in [4.78, 5) is 46.1. The Morgan fingerprint density at radius 2 is 1.35 bits per heavy atom. The van der Waals surface area contributed by atoms with E-state index in [1.54, 1.807) is 0 Å². The Morgan fingerprint density at radius 1 is 0.882 bits per heavy atom. The largest absolute Gasteiger partial charge is 0.493 e. The summed E-state index contributed by atoms with van der Waals surface area (Å²) in [6.07, 6.45) is 1.47. The second-order valence-corrected chi connectivity index (χ2v) is 9.99. The second-order valence-electron chi connectivity index (χ2n) is 7.86. The van der Waals surface area contributed by atoms with Crippen molar-refractivity contribution >= 4 is 29.2 Å². The molecular weight excluding hydrogens is 482 g/mol. The number of nitrogens with zero attached hydrogens (tertiary/aromatic N) is 5. The van der Waals surface area contributed by atoms with E-state index in [4.69, 9.17) is 0 Å². The molecular formula is C21H19N5O6S2. The van der Waals surface area contributed by atoms with E-state index >= 15 is 0 Å². The Morgan fingerprint density at radius 3 is 1.79 bits per heavy atom. The predicted octanol–water partition coefficient (Wildman–Crippen LogP) is 2.29. The third-order valence-corrected chi connectivity index (χ3v) is 7.95. The number of nitro benzene ring substituents is 1. The average molecular weight is 502 g/mol. The summed E-state index contributed by atoms with van der Waals surface area (Å²) in [7, 11) is 0. The Hall–Kier alpha value is -3.32. The van der Waals surface area contributed by atoms with Gasteiger partial charge in [-0.25, -0.2) is 0 Å². The molecule has 5 rings (SSSR count). The van der Waals surface area contributed by atoms with E-state index in [1.165, 1.54) is 56.9 Å². The van der Waals surface area contributed by atoms with Crippen LogP contribution in [0.15, 0.2) is 44.2 Å². The molecule has 2 aliphatic rings. The molecule has 34 heavy (non-hydrogen) atoms. The van der Waals surface area contributed by atoms with Crippen LogP contribution in [-0.4, -0.2) is 45.7 Å². The van der Waals surface area contributed by atoms with E-state index in [1.807, 2.05) is 0 Å². The smallest absolute Gasteiger partial charge is 0.269 e. The third kappa shape index (κ3) is 3.74. The number of hydrogen-bond acceptors (Lipinski definition) is 10. The fourth-order valence-corrected chi connectivity index (χ4v) is 6.11. The summed E-state index contributed by atoms with van der Waals surface area (Å²) in [6.45, 7) is 0.803. The van der Waals surface area contributed by atoms with Crippen molar-refractivity contribution in [1.82, 2.24) is 19.1 Å². The first-order chi connectivity index (χ1) is 16.4. The van der Waals surface area contributed by atoms with Crippen LogP contribution in [0.1, 0.15) is 35.4 Å². The zero-order valence-corrected chi connectivity index (χ0v) is 19.3. The highest BCUT2D eigenvalue weighted by Crippen LogP contribution is 2.38. The lowest BCUT2D eigenvalue weighted by molar-refractivity contribution is -0.384. The molecule has 2 aromatic heterocycles. The molecule has 0 bridgehead atoms. The maximum Gasteiger partial charge on any atom is 0.269 e. The lowest BCUT2D eigenvalue weighted by Gasteiger charge is -2.24. The molecule has 1 aromatic carbocycles. The zero-order chi connectivity index (χ0) is 24.0. The minimum Gasteiger partial charge on any atom is -0.493 e. The number of aromatic hydroxyl groups is 2. The van der Waals surface area contributed by atoms with Crippen molar-refractivity contribution in [3.63, 3.8) is 0 Å². The molecule has 2 aliphatic heterocycles. The Labute approximate surface area is 200 Å². The summed E-state index contributed by atoms with van der Waals surface area (Å²) >= 11 is 2.69. The van der Waals surface area contributed by atoms with Crippen molar-refractivity contribution in [3.05, 3.63) is 71.8 Å². The van der Waals surface area contributed by atoms with Gasteiger partial charge in [0.1, 0.15) is 0 Å². The fraction of sp³-hybridized carbons (Fsp3) is 0.333. The van der Waals surface area contributed by atoms with Crippen LogP contribution in [-0.2, 0) is 13.1 Å². The van der Waals surface area contributed by atoms with E-state index in [0.717, 1.165) is 24.3 Å². The van der Waals surface area contributed by atoms with E-state index < -0.39 is 33.7 Å². The lowest BCUT2D eigenvalue weighted by Crippen LogP contribution is -2.35. The van der Waals surface area contributed by atoms with Gasteiger partial charge in [-0.1, -0.05) is 35.7 Å². The van der Waals surface area contributed by atoms with Gasteiger partial charge in [0.15, 0.2) is 10.3 Å². The van der Waals surface area contributed by atoms with Gasteiger partial charge in [-0.2, -0.15) is 9.97 Å². The van der Waals surface area contributed by atoms with Crippen LogP contribution in [0.4, 0.5) is 5.69 Å². The number of aromatic nitrogens is 4. The van der Waals surface area contributed by atoms with Gasteiger partial charge >= 0.3 is 0 Å². The Balaban J connectivity index is 1.80. The second kappa shape index (κ2) is 8.80.